The average molecular weight is 378 g/mol. The molecule has 2 aromatic carbocycles. The Hall–Kier alpha value is -1.71. The number of amides is 1. The third kappa shape index (κ3) is 4.28. The summed E-state index contributed by atoms with van der Waals surface area (Å²) in [6, 6.07) is 13.2. The zero-order valence-electron chi connectivity index (χ0n) is 14.3. The Morgan fingerprint density at radius 2 is 1.84 bits per heavy atom. The van der Waals surface area contributed by atoms with Crippen LogP contribution in [0.1, 0.15) is 43.9 Å². The van der Waals surface area contributed by atoms with E-state index in [1.165, 1.54) is 0 Å². The van der Waals surface area contributed by atoms with Gasteiger partial charge in [0.2, 0.25) is 5.91 Å². The van der Waals surface area contributed by atoms with Gasteiger partial charge in [-0.3, -0.25) is 4.79 Å². The Morgan fingerprint density at radius 1 is 1.16 bits per heavy atom. The maximum Gasteiger partial charge on any atom is 0.220 e. The van der Waals surface area contributed by atoms with Gasteiger partial charge in [-0.1, -0.05) is 47.5 Å². The van der Waals surface area contributed by atoms with Crippen LogP contribution in [0, 0.1) is 0 Å². The molecule has 2 aromatic rings. The molecule has 25 heavy (non-hydrogen) atoms. The number of carbonyl (C=O) groups is 1. The lowest BCUT2D eigenvalue weighted by Crippen LogP contribution is -2.41. The van der Waals surface area contributed by atoms with Crippen LogP contribution >= 0.6 is 23.2 Å². The second kappa shape index (κ2) is 7.27. The molecule has 0 spiro atoms. The summed E-state index contributed by atoms with van der Waals surface area (Å²) in [5.41, 5.74) is 1.51. The zero-order valence-corrected chi connectivity index (χ0v) is 15.8. The monoisotopic (exact) mass is 377 g/mol. The van der Waals surface area contributed by atoms with E-state index in [0.717, 1.165) is 23.3 Å². The molecule has 5 heteroatoms. The van der Waals surface area contributed by atoms with Crippen LogP contribution in [0.15, 0.2) is 42.5 Å². The molecular weight excluding hydrogens is 357 g/mol. The molecule has 0 aliphatic carbocycles. The molecule has 0 bridgehead atoms. The SMILES string of the molecule is CC1(C)C[C@H](NC(=O)CCc2c(Cl)cccc2Cl)c2ccccc2O1. The molecule has 1 amide bonds. The third-order valence-corrected chi connectivity index (χ3v) is 5.08. The maximum atomic E-state index is 12.5. The number of carbonyl (C=O) groups excluding carboxylic acids is 1. The molecule has 132 valence electrons. The van der Waals surface area contributed by atoms with Gasteiger partial charge in [0.05, 0.1) is 6.04 Å². The molecule has 0 saturated heterocycles. The fourth-order valence-corrected chi connectivity index (χ4v) is 3.79. The minimum absolute atomic E-state index is 0.0199. The summed E-state index contributed by atoms with van der Waals surface area (Å²) in [6.07, 6.45) is 1.57. The van der Waals surface area contributed by atoms with Gasteiger partial charge in [0, 0.05) is 28.5 Å². The van der Waals surface area contributed by atoms with Crippen LogP contribution in [0.25, 0.3) is 0 Å². The highest BCUT2D eigenvalue weighted by Gasteiger charge is 2.34. The van der Waals surface area contributed by atoms with Crippen molar-refractivity contribution in [2.75, 3.05) is 0 Å². The molecule has 1 heterocycles. The number of fused-ring (bicyclic) bond motifs is 1. The Kier molecular flexibility index (Phi) is 5.26. The summed E-state index contributed by atoms with van der Waals surface area (Å²) in [4.78, 5) is 12.5. The minimum Gasteiger partial charge on any atom is -0.487 e. The summed E-state index contributed by atoms with van der Waals surface area (Å²) in [5.74, 6) is 0.812. The van der Waals surface area contributed by atoms with E-state index in [-0.39, 0.29) is 17.6 Å². The van der Waals surface area contributed by atoms with Crippen molar-refractivity contribution < 1.29 is 9.53 Å². The zero-order chi connectivity index (χ0) is 18.0. The molecule has 0 fully saturated rings. The third-order valence-electron chi connectivity index (χ3n) is 4.38. The average Bonchev–Trinajstić information content (AvgIpc) is 2.53. The highest BCUT2D eigenvalue weighted by atomic mass is 35.5. The van der Waals surface area contributed by atoms with Crippen LogP contribution in [-0.2, 0) is 11.2 Å². The summed E-state index contributed by atoms with van der Waals surface area (Å²) in [5, 5.41) is 4.33. The van der Waals surface area contributed by atoms with E-state index >= 15 is 0 Å². The van der Waals surface area contributed by atoms with Gasteiger partial charge in [-0.05, 0) is 44.0 Å². The molecule has 3 nitrogen and oxygen atoms in total. The predicted molar refractivity (Wildman–Crippen MR) is 101 cm³/mol. The first-order chi connectivity index (χ1) is 11.9. The molecule has 0 radical (unpaired) electrons. The van der Waals surface area contributed by atoms with Crippen LogP contribution in [0.3, 0.4) is 0 Å². The van der Waals surface area contributed by atoms with E-state index in [1.807, 2.05) is 38.1 Å². The number of halogens is 2. The molecule has 3 rings (SSSR count). The fraction of sp³-hybridized carbons (Fsp3) is 0.350. The first-order valence-electron chi connectivity index (χ1n) is 8.36. The molecule has 1 aliphatic rings. The van der Waals surface area contributed by atoms with E-state index in [2.05, 4.69) is 5.32 Å². The lowest BCUT2D eigenvalue weighted by Gasteiger charge is -2.37. The van der Waals surface area contributed by atoms with Crippen molar-refractivity contribution in [3.63, 3.8) is 0 Å². The second-order valence-corrected chi connectivity index (χ2v) is 7.74. The minimum atomic E-state index is -0.321. The van der Waals surface area contributed by atoms with Gasteiger partial charge in [-0.15, -0.1) is 0 Å². The molecule has 0 unspecified atom stereocenters. The van der Waals surface area contributed by atoms with Gasteiger partial charge in [0.1, 0.15) is 11.4 Å². The Morgan fingerprint density at radius 3 is 2.56 bits per heavy atom. The second-order valence-electron chi connectivity index (χ2n) is 6.92. The van der Waals surface area contributed by atoms with E-state index in [1.54, 1.807) is 18.2 Å². The first-order valence-corrected chi connectivity index (χ1v) is 9.11. The van der Waals surface area contributed by atoms with E-state index in [9.17, 15) is 4.79 Å². The van der Waals surface area contributed by atoms with Crippen molar-refractivity contribution >= 4 is 29.1 Å². The van der Waals surface area contributed by atoms with Gasteiger partial charge in [0.25, 0.3) is 0 Å². The van der Waals surface area contributed by atoms with Crippen molar-refractivity contribution in [3.05, 3.63) is 63.6 Å². The van der Waals surface area contributed by atoms with Crippen molar-refractivity contribution in [1.82, 2.24) is 5.32 Å². The van der Waals surface area contributed by atoms with Crippen LogP contribution in [-0.4, -0.2) is 11.5 Å². The van der Waals surface area contributed by atoms with E-state index < -0.39 is 0 Å². The molecule has 0 aromatic heterocycles. The molecule has 0 saturated carbocycles. The lowest BCUT2D eigenvalue weighted by atomic mass is 9.89. The Bertz CT molecular complexity index is 769. The first kappa shape index (κ1) is 18.1. The number of ether oxygens (including phenoxy) is 1. The number of rotatable bonds is 4. The summed E-state index contributed by atoms with van der Waals surface area (Å²) < 4.78 is 6.01. The molecular formula is C20H21Cl2NO2. The van der Waals surface area contributed by atoms with Crippen LogP contribution in [0.4, 0.5) is 0 Å². The Balaban J connectivity index is 1.69. The predicted octanol–water partition coefficient (Wildman–Crippen LogP) is 5.34. The molecule has 1 N–H and O–H groups in total. The van der Waals surface area contributed by atoms with Gasteiger partial charge >= 0.3 is 0 Å². The van der Waals surface area contributed by atoms with Crippen LogP contribution in [0.2, 0.25) is 10.0 Å². The summed E-state index contributed by atoms with van der Waals surface area (Å²) >= 11 is 12.4. The number of para-hydroxylation sites is 1. The van der Waals surface area contributed by atoms with Gasteiger partial charge in [-0.2, -0.15) is 0 Å². The largest absolute Gasteiger partial charge is 0.487 e. The van der Waals surface area contributed by atoms with Crippen molar-refractivity contribution in [2.24, 2.45) is 0 Å². The standard InChI is InChI=1S/C20H21Cl2NO2/c1-20(2)12-17(14-6-3-4-9-18(14)25-20)23-19(24)11-10-13-15(21)7-5-8-16(13)22/h3-9,17H,10-12H2,1-2H3,(H,23,24)/t17-/m0/s1. The number of benzene rings is 2. The Labute approximate surface area is 158 Å². The van der Waals surface area contributed by atoms with Crippen LogP contribution in [0.5, 0.6) is 5.75 Å². The number of nitrogens with one attached hydrogen (secondary N) is 1. The molecule has 1 aliphatic heterocycles. The summed E-state index contributed by atoms with van der Waals surface area (Å²) in [7, 11) is 0. The number of hydrogen-bond donors (Lipinski definition) is 1. The van der Waals surface area contributed by atoms with Gasteiger partial charge in [0.15, 0.2) is 0 Å². The van der Waals surface area contributed by atoms with E-state index in [4.69, 9.17) is 27.9 Å². The van der Waals surface area contributed by atoms with Crippen molar-refractivity contribution in [1.29, 1.82) is 0 Å². The van der Waals surface area contributed by atoms with Crippen molar-refractivity contribution in [3.8, 4) is 5.75 Å². The topological polar surface area (TPSA) is 38.3 Å². The molecule has 1 atom stereocenters. The maximum absolute atomic E-state index is 12.5. The van der Waals surface area contributed by atoms with Gasteiger partial charge < -0.3 is 10.1 Å². The van der Waals surface area contributed by atoms with Crippen LogP contribution < -0.4 is 10.1 Å². The highest BCUT2D eigenvalue weighted by molar-refractivity contribution is 6.36. The quantitative estimate of drug-likeness (QED) is 0.780. The highest BCUT2D eigenvalue weighted by Crippen LogP contribution is 2.39. The van der Waals surface area contributed by atoms with Crippen molar-refractivity contribution in [2.45, 2.75) is 44.8 Å². The summed E-state index contributed by atoms with van der Waals surface area (Å²) in [6.45, 7) is 4.07. The smallest absolute Gasteiger partial charge is 0.220 e. The normalized spacial score (nSPS) is 18.2. The number of hydrogen-bond acceptors (Lipinski definition) is 2. The van der Waals surface area contributed by atoms with E-state index in [0.29, 0.717) is 22.9 Å². The lowest BCUT2D eigenvalue weighted by molar-refractivity contribution is -0.122. The van der Waals surface area contributed by atoms with Gasteiger partial charge in [-0.25, -0.2) is 0 Å². The fourth-order valence-electron chi connectivity index (χ4n) is 3.21.